The van der Waals surface area contributed by atoms with Crippen molar-refractivity contribution in [2.75, 3.05) is 7.05 Å². The number of rotatable bonds is 6. The first kappa shape index (κ1) is 13.7. The summed E-state index contributed by atoms with van der Waals surface area (Å²) in [6.45, 7) is 2.01. The molecule has 0 radical (unpaired) electrons. The van der Waals surface area contributed by atoms with Crippen molar-refractivity contribution in [3.05, 3.63) is 59.7 Å². The lowest BCUT2D eigenvalue weighted by Crippen LogP contribution is -2.19. The Hall–Kier alpha value is -1.74. The number of nitrogens with zero attached hydrogens (tertiary/aromatic N) is 2. The molecule has 0 fully saturated rings. The smallest absolute Gasteiger partial charge is 0.145 e. The van der Waals surface area contributed by atoms with Crippen molar-refractivity contribution < 1.29 is 0 Å². The Morgan fingerprint density at radius 2 is 1.79 bits per heavy atom. The molecular formula is C16H21N3. The largest absolute Gasteiger partial charge is 0.310 e. The number of nitrogens with one attached hydrogen (secondary N) is 1. The van der Waals surface area contributed by atoms with Gasteiger partial charge in [0.05, 0.1) is 6.04 Å². The van der Waals surface area contributed by atoms with Gasteiger partial charge in [0.15, 0.2) is 0 Å². The van der Waals surface area contributed by atoms with Crippen molar-refractivity contribution in [2.45, 2.75) is 32.2 Å². The minimum Gasteiger partial charge on any atom is -0.310 e. The van der Waals surface area contributed by atoms with Gasteiger partial charge in [0, 0.05) is 12.4 Å². The average Bonchev–Trinajstić information content (AvgIpc) is 2.46. The number of benzene rings is 1. The first-order valence-corrected chi connectivity index (χ1v) is 6.79. The van der Waals surface area contributed by atoms with Crippen LogP contribution in [-0.2, 0) is 6.42 Å². The molecule has 0 aliphatic heterocycles. The molecule has 2 aromatic rings. The van der Waals surface area contributed by atoms with E-state index in [9.17, 15) is 0 Å². The summed E-state index contributed by atoms with van der Waals surface area (Å²) in [7, 11) is 1.97. The Morgan fingerprint density at radius 3 is 2.42 bits per heavy atom. The van der Waals surface area contributed by atoms with Crippen LogP contribution in [0.5, 0.6) is 0 Å². The molecule has 1 heterocycles. The third-order valence-corrected chi connectivity index (χ3v) is 3.26. The van der Waals surface area contributed by atoms with Gasteiger partial charge in [-0.05, 0) is 44.4 Å². The molecule has 0 amide bonds. The minimum atomic E-state index is 0.240. The average molecular weight is 255 g/mol. The van der Waals surface area contributed by atoms with Crippen LogP contribution in [0, 0.1) is 6.92 Å². The van der Waals surface area contributed by atoms with Gasteiger partial charge < -0.3 is 5.32 Å². The highest BCUT2D eigenvalue weighted by molar-refractivity contribution is 5.14. The van der Waals surface area contributed by atoms with Gasteiger partial charge in [-0.1, -0.05) is 30.3 Å². The SMILES string of the molecule is CNC(CCCc1ccccc1)c1ncc(C)cn1. The fraction of sp³-hybridized carbons (Fsp3) is 0.375. The topological polar surface area (TPSA) is 37.8 Å². The molecule has 1 aromatic carbocycles. The van der Waals surface area contributed by atoms with Crippen molar-refractivity contribution in [3.63, 3.8) is 0 Å². The first-order chi connectivity index (χ1) is 9.29. The molecule has 3 heteroatoms. The van der Waals surface area contributed by atoms with E-state index in [1.54, 1.807) is 0 Å². The maximum atomic E-state index is 4.40. The lowest BCUT2D eigenvalue weighted by molar-refractivity contribution is 0.501. The van der Waals surface area contributed by atoms with Gasteiger partial charge in [-0.25, -0.2) is 9.97 Å². The van der Waals surface area contributed by atoms with Gasteiger partial charge in [-0.3, -0.25) is 0 Å². The summed E-state index contributed by atoms with van der Waals surface area (Å²) < 4.78 is 0. The molecule has 0 aliphatic rings. The van der Waals surface area contributed by atoms with Crippen LogP contribution in [0.25, 0.3) is 0 Å². The summed E-state index contributed by atoms with van der Waals surface area (Å²) in [6.07, 6.45) is 7.04. The van der Waals surface area contributed by atoms with Crippen molar-refractivity contribution >= 4 is 0 Å². The molecule has 0 bridgehead atoms. The number of aromatic nitrogens is 2. The van der Waals surface area contributed by atoms with Crippen LogP contribution >= 0.6 is 0 Å². The van der Waals surface area contributed by atoms with Gasteiger partial charge in [-0.2, -0.15) is 0 Å². The fourth-order valence-electron chi connectivity index (χ4n) is 2.14. The van der Waals surface area contributed by atoms with E-state index in [0.29, 0.717) is 0 Å². The summed E-state index contributed by atoms with van der Waals surface area (Å²) in [5.41, 5.74) is 2.49. The molecule has 1 atom stereocenters. The standard InChI is InChI=1S/C16H21N3/c1-13-11-18-16(19-12-13)15(17-2)10-6-9-14-7-4-3-5-8-14/h3-5,7-8,11-12,15,17H,6,9-10H2,1-2H3. The number of aryl methyl sites for hydroxylation is 2. The molecule has 2 rings (SSSR count). The lowest BCUT2D eigenvalue weighted by Gasteiger charge is -2.14. The third-order valence-electron chi connectivity index (χ3n) is 3.26. The van der Waals surface area contributed by atoms with E-state index in [0.717, 1.165) is 30.7 Å². The highest BCUT2D eigenvalue weighted by Gasteiger charge is 2.11. The van der Waals surface area contributed by atoms with Crippen LogP contribution < -0.4 is 5.32 Å². The van der Waals surface area contributed by atoms with Gasteiger partial charge in [-0.15, -0.1) is 0 Å². The molecule has 1 unspecified atom stereocenters. The molecule has 19 heavy (non-hydrogen) atoms. The fourth-order valence-corrected chi connectivity index (χ4v) is 2.14. The predicted octanol–water partition coefficient (Wildman–Crippen LogP) is 3.07. The van der Waals surface area contributed by atoms with Crippen LogP contribution in [0.4, 0.5) is 0 Å². The molecule has 3 nitrogen and oxygen atoms in total. The molecule has 0 aliphatic carbocycles. The quantitative estimate of drug-likeness (QED) is 0.862. The van der Waals surface area contributed by atoms with E-state index in [1.165, 1.54) is 5.56 Å². The highest BCUT2D eigenvalue weighted by atomic mass is 15.0. The molecule has 100 valence electrons. The Labute approximate surface area is 115 Å². The Kier molecular flexibility index (Phi) is 5.04. The van der Waals surface area contributed by atoms with E-state index in [1.807, 2.05) is 26.4 Å². The Bertz CT molecular complexity index is 479. The van der Waals surface area contributed by atoms with Crippen LogP contribution in [0.1, 0.15) is 35.8 Å². The van der Waals surface area contributed by atoms with Crippen molar-refractivity contribution in [1.82, 2.24) is 15.3 Å². The van der Waals surface area contributed by atoms with Crippen molar-refractivity contribution in [3.8, 4) is 0 Å². The van der Waals surface area contributed by atoms with E-state index in [2.05, 4.69) is 45.6 Å². The Morgan fingerprint density at radius 1 is 1.11 bits per heavy atom. The monoisotopic (exact) mass is 255 g/mol. The van der Waals surface area contributed by atoms with E-state index in [4.69, 9.17) is 0 Å². The predicted molar refractivity (Wildman–Crippen MR) is 77.9 cm³/mol. The van der Waals surface area contributed by atoms with Crippen LogP contribution in [0.3, 0.4) is 0 Å². The van der Waals surface area contributed by atoms with E-state index >= 15 is 0 Å². The zero-order valence-corrected chi connectivity index (χ0v) is 11.6. The third kappa shape index (κ3) is 4.14. The second kappa shape index (κ2) is 7.00. The van der Waals surface area contributed by atoms with Crippen LogP contribution in [-0.4, -0.2) is 17.0 Å². The minimum absolute atomic E-state index is 0.240. The van der Waals surface area contributed by atoms with Crippen molar-refractivity contribution in [2.24, 2.45) is 0 Å². The summed E-state index contributed by atoms with van der Waals surface area (Å²) in [4.78, 5) is 8.80. The Balaban J connectivity index is 1.87. The van der Waals surface area contributed by atoms with Gasteiger partial charge in [0.25, 0.3) is 0 Å². The zero-order chi connectivity index (χ0) is 13.5. The number of hydrogen-bond donors (Lipinski definition) is 1. The summed E-state index contributed by atoms with van der Waals surface area (Å²) in [5.74, 6) is 0.890. The van der Waals surface area contributed by atoms with E-state index in [-0.39, 0.29) is 6.04 Å². The lowest BCUT2D eigenvalue weighted by atomic mass is 10.0. The molecule has 0 saturated heterocycles. The van der Waals surface area contributed by atoms with Gasteiger partial charge >= 0.3 is 0 Å². The zero-order valence-electron chi connectivity index (χ0n) is 11.6. The summed E-state index contributed by atoms with van der Waals surface area (Å²) in [6, 6.07) is 10.8. The normalized spacial score (nSPS) is 12.3. The second-order valence-corrected chi connectivity index (χ2v) is 4.84. The summed E-state index contributed by atoms with van der Waals surface area (Å²) in [5, 5.41) is 3.30. The van der Waals surface area contributed by atoms with E-state index < -0.39 is 0 Å². The highest BCUT2D eigenvalue weighted by Crippen LogP contribution is 2.16. The molecule has 0 spiro atoms. The molecular weight excluding hydrogens is 234 g/mol. The first-order valence-electron chi connectivity index (χ1n) is 6.79. The van der Waals surface area contributed by atoms with Crippen LogP contribution in [0.2, 0.25) is 0 Å². The molecule has 1 aromatic heterocycles. The van der Waals surface area contributed by atoms with Gasteiger partial charge in [0.1, 0.15) is 5.82 Å². The molecule has 1 N–H and O–H groups in total. The maximum Gasteiger partial charge on any atom is 0.145 e. The van der Waals surface area contributed by atoms with Crippen LogP contribution in [0.15, 0.2) is 42.7 Å². The molecule has 0 saturated carbocycles. The van der Waals surface area contributed by atoms with Gasteiger partial charge in [0.2, 0.25) is 0 Å². The number of hydrogen-bond acceptors (Lipinski definition) is 3. The van der Waals surface area contributed by atoms with Crippen molar-refractivity contribution in [1.29, 1.82) is 0 Å². The second-order valence-electron chi connectivity index (χ2n) is 4.84. The maximum absolute atomic E-state index is 4.40. The summed E-state index contributed by atoms with van der Waals surface area (Å²) >= 11 is 0.